The van der Waals surface area contributed by atoms with Gasteiger partial charge in [0, 0.05) is 0 Å². The van der Waals surface area contributed by atoms with Crippen molar-refractivity contribution in [2.45, 2.75) is 13.8 Å². The van der Waals surface area contributed by atoms with Gasteiger partial charge in [-0.05, 0) is 30.9 Å². The maximum Gasteiger partial charge on any atom is 0.173 e. The summed E-state index contributed by atoms with van der Waals surface area (Å²) in [5.41, 5.74) is 1.28. The van der Waals surface area contributed by atoms with Crippen LogP contribution in [0.15, 0.2) is 11.4 Å². The Kier molecular flexibility index (Phi) is 2.11. The summed E-state index contributed by atoms with van der Waals surface area (Å²) in [6.07, 6.45) is 0. The molecule has 0 N–H and O–H groups in total. The van der Waals surface area contributed by atoms with E-state index in [9.17, 15) is 0 Å². The first-order valence-corrected chi connectivity index (χ1v) is 3.89. The Labute approximate surface area is 59.3 Å². The predicted octanol–water partition coefficient (Wildman–Crippen LogP) is 2.46. The molecule has 0 radical (unpaired) electrons. The molecule has 0 aliphatic rings. The lowest BCUT2D eigenvalue weighted by atomic mass is 10.4. The van der Waals surface area contributed by atoms with Crippen LogP contribution in [0.4, 0.5) is 0 Å². The highest BCUT2D eigenvalue weighted by atomic mass is 32.1. The fourth-order valence-corrected chi connectivity index (χ4v) is 1.43. The first-order valence-electron chi connectivity index (χ1n) is 3.01. The highest BCUT2D eigenvalue weighted by molar-refractivity contribution is 7.11. The predicted molar refractivity (Wildman–Crippen MR) is 40.2 cm³/mol. The quantitative estimate of drug-likeness (QED) is 0.616. The zero-order valence-electron chi connectivity index (χ0n) is 5.68. The molecule has 0 spiro atoms. The van der Waals surface area contributed by atoms with Crippen molar-refractivity contribution in [1.29, 1.82) is 0 Å². The van der Waals surface area contributed by atoms with Crippen LogP contribution >= 0.6 is 11.3 Å². The van der Waals surface area contributed by atoms with E-state index < -0.39 is 0 Å². The van der Waals surface area contributed by atoms with Crippen molar-refractivity contribution >= 4 is 11.3 Å². The third-order valence-corrected chi connectivity index (χ3v) is 1.95. The Bertz CT molecular complexity index is 181. The van der Waals surface area contributed by atoms with Crippen molar-refractivity contribution < 1.29 is 4.74 Å². The van der Waals surface area contributed by atoms with Gasteiger partial charge in [-0.25, -0.2) is 0 Å². The van der Waals surface area contributed by atoms with Gasteiger partial charge in [0.15, 0.2) is 5.06 Å². The van der Waals surface area contributed by atoms with Gasteiger partial charge < -0.3 is 4.74 Å². The third-order valence-electron chi connectivity index (χ3n) is 0.993. The molecule has 0 aromatic carbocycles. The fraction of sp³-hybridized carbons (Fsp3) is 0.429. The molecule has 1 heterocycles. The first-order chi connectivity index (χ1) is 4.33. The molecule has 0 amide bonds. The number of thiophene rings is 1. The van der Waals surface area contributed by atoms with Crippen LogP contribution in [-0.4, -0.2) is 6.61 Å². The molecular formula is C7H10OS. The van der Waals surface area contributed by atoms with Gasteiger partial charge in [-0.15, -0.1) is 11.3 Å². The minimum atomic E-state index is 0.764. The summed E-state index contributed by atoms with van der Waals surface area (Å²) in [5.74, 6) is 0. The minimum absolute atomic E-state index is 0.764. The van der Waals surface area contributed by atoms with E-state index in [4.69, 9.17) is 4.74 Å². The van der Waals surface area contributed by atoms with Crippen molar-refractivity contribution in [3.63, 3.8) is 0 Å². The van der Waals surface area contributed by atoms with Crippen molar-refractivity contribution in [3.8, 4) is 5.06 Å². The summed E-state index contributed by atoms with van der Waals surface area (Å²) in [6.45, 7) is 4.83. The highest BCUT2D eigenvalue weighted by Crippen LogP contribution is 2.21. The molecular weight excluding hydrogens is 132 g/mol. The van der Waals surface area contributed by atoms with E-state index >= 15 is 0 Å². The fourth-order valence-electron chi connectivity index (χ4n) is 0.623. The van der Waals surface area contributed by atoms with Crippen LogP contribution in [-0.2, 0) is 0 Å². The second-order valence-electron chi connectivity index (χ2n) is 1.88. The van der Waals surface area contributed by atoms with E-state index in [0.717, 1.165) is 11.7 Å². The second-order valence-corrected chi connectivity index (χ2v) is 2.75. The monoisotopic (exact) mass is 142 g/mol. The maximum atomic E-state index is 5.25. The van der Waals surface area contributed by atoms with Gasteiger partial charge in [0.05, 0.1) is 6.61 Å². The zero-order chi connectivity index (χ0) is 6.69. The lowest BCUT2D eigenvalue weighted by Gasteiger charge is -1.94. The van der Waals surface area contributed by atoms with Crippen molar-refractivity contribution in [2.24, 2.45) is 0 Å². The smallest absolute Gasteiger partial charge is 0.173 e. The van der Waals surface area contributed by atoms with E-state index in [2.05, 4.69) is 12.3 Å². The molecule has 0 aliphatic heterocycles. The topological polar surface area (TPSA) is 9.23 Å². The molecule has 1 aromatic heterocycles. The molecule has 1 rings (SSSR count). The van der Waals surface area contributed by atoms with Gasteiger partial charge >= 0.3 is 0 Å². The summed E-state index contributed by atoms with van der Waals surface area (Å²) >= 11 is 1.65. The van der Waals surface area contributed by atoms with Crippen LogP contribution in [0.5, 0.6) is 5.06 Å². The van der Waals surface area contributed by atoms with Gasteiger partial charge in [0.25, 0.3) is 0 Å². The summed E-state index contributed by atoms with van der Waals surface area (Å²) in [5, 5.41) is 3.11. The van der Waals surface area contributed by atoms with E-state index in [0.29, 0.717) is 0 Å². The molecule has 0 aliphatic carbocycles. The average Bonchev–Trinajstić information content (AvgIpc) is 2.17. The molecule has 0 bridgehead atoms. The van der Waals surface area contributed by atoms with Gasteiger partial charge in [0.1, 0.15) is 0 Å². The first kappa shape index (κ1) is 6.62. The summed E-state index contributed by atoms with van der Waals surface area (Å²) < 4.78 is 5.25. The van der Waals surface area contributed by atoms with Crippen LogP contribution in [0.1, 0.15) is 12.5 Å². The Balaban J connectivity index is 2.61. The van der Waals surface area contributed by atoms with Crippen LogP contribution in [0.3, 0.4) is 0 Å². The van der Waals surface area contributed by atoms with Gasteiger partial charge in [-0.1, -0.05) is 0 Å². The standard InChI is InChI=1S/C7H10OS/c1-3-8-7-4-6(2)5-9-7/h4-5H,3H2,1-2H3. The van der Waals surface area contributed by atoms with Crippen LogP contribution in [0.25, 0.3) is 0 Å². The van der Waals surface area contributed by atoms with Crippen LogP contribution in [0, 0.1) is 6.92 Å². The van der Waals surface area contributed by atoms with Gasteiger partial charge in [-0.3, -0.25) is 0 Å². The molecule has 0 atom stereocenters. The van der Waals surface area contributed by atoms with E-state index in [1.54, 1.807) is 11.3 Å². The Morgan fingerprint density at radius 3 is 2.89 bits per heavy atom. The van der Waals surface area contributed by atoms with Gasteiger partial charge in [0.2, 0.25) is 0 Å². The Morgan fingerprint density at radius 1 is 1.67 bits per heavy atom. The number of ether oxygens (including phenoxy) is 1. The van der Waals surface area contributed by atoms with E-state index in [-0.39, 0.29) is 0 Å². The largest absolute Gasteiger partial charge is 0.484 e. The summed E-state index contributed by atoms with van der Waals surface area (Å²) in [7, 11) is 0. The third kappa shape index (κ3) is 1.72. The second kappa shape index (κ2) is 2.87. The summed E-state index contributed by atoms with van der Waals surface area (Å²) in [4.78, 5) is 0. The minimum Gasteiger partial charge on any atom is -0.484 e. The van der Waals surface area contributed by atoms with E-state index in [1.807, 2.05) is 13.0 Å². The van der Waals surface area contributed by atoms with Crippen molar-refractivity contribution in [2.75, 3.05) is 6.61 Å². The molecule has 1 nitrogen and oxygen atoms in total. The highest BCUT2D eigenvalue weighted by Gasteiger charge is 1.92. The number of hydrogen-bond acceptors (Lipinski definition) is 2. The Hall–Kier alpha value is -0.500. The van der Waals surface area contributed by atoms with Crippen molar-refractivity contribution in [3.05, 3.63) is 17.0 Å². The normalized spacial score (nSPS) is 9.56. The maximum absolute atomic E-state index is 5.25. The molecule has 50 valence electrons. The molecule has 1 aromatic rings. The number of rotatable bonds is 2. The lowest BCUT2D eigenvalue weighted by molar-refractivity contribution is 0.350. The molecule has 0 unspecified atom stereocenters. The molecule has 0 saturated carbocycles. The van der Waals surface area contributed by atoms with Crippen molar-refractivity contribution in [1.82, 2.24) is 0 Å². The molecule has 9 heavy (non-hydrogen) atoms. The number of aryl methyl sites for hydroxylation is 1. The summed E-state index contributed by atoms with van der Waals surface area (Å²) in [6, 6.07) is 2.05. The molecule has 2 heteroatoms. The van der Waals surface area contributed by atoms with Crippen LogP contribution in [0.2, 0.25) is 0 Å². The molecule has 0 fully saturated rings. The lowest BCUT2D eigenvalue weighted by Crippen LogP contribution is -1.86. The van der Waals surface area contributed by atoms with Gasteiger partial charge in [-0.2, -0.15) is 0 Å². The molecule has 0 saturated heterocycles. The van der Waals surface area contributed by atoms with E-state index in [1.165, 1.54) is 5.56 Å². The SMILES string of the molecule is CCOc1cc(C)cs1. The Morgan fingerprint density at radius 2 is 2.44 bits per heavy atom. The average molecular weight is 142 g/mol. The van der Waals surface area contributed by atoms with Crippen LogP contribution < -0.4 is 4.74 Å². The zero-order valence-corrected chi connectivity index (χ0v) is 6.49. The number of hydrogen-bond donors (Lipinski definition) is 0.